The molecule has 1 aromatic rings. The number of fused-ring (bicyclic) bond motifs is 2. The molecule has 3 rings (SSSR count). The molecule has 3 unspecified atom stereocenters. The molecular weight excluding hydrogens is 203 g/mol. The van der Waals surface area contributed by atoms with Gasteiger partial charge in [0.05, 0.1) is 6.61 Å². The molecule has 0 aromatic heterocycles. The van der Waals surface area contributed by atoms with Gasteiger partial charge in [-0.25, -0.2) is 4.39 Å². The van der Waals surface area contributed by atoms with Crippen LogP contribution < -0.4 is 4.74 Å². The molecule has 0 amide bonds. The van der Waals surface area contributed by atoms with E-state index in [0.717, 1.165) is 30.1 Å². The molecule has 3 atom stereocenters. The minimum absolute atomic E-state index is 0.202. The average molecular weight is 220 g/mol. The van der Waals surface area contributed by atoms with Crippen LogP contribution in [0, 0.1) is 23.6 Å². The van der Waals surface area contributed by atoms with Gasteiger partial charge in [-0.15, -0.1) is 0 Å². The smallest absolute Gasteiger partial charge is 0.123 e. The maximum atomic E-state index is 12.7. The Kier molecular flexibility index (Phi) is 2.58. The van der Waals surface area contributed by atoms with Crippen LogP contribution in [-0.4, -0.2) is 6.61 Å². The molecule has 2 heteroatoms. The van der Waals surface area contributed by atoms with Gasteiger partial charge < -0.3 is 4.74 Å². The highest BCUT2D eigenvalue weighted by molar-refractivity contribution is 5.22. The highest BCUT2D eigenvalue weighted by Gasteiger charge is 2.39. The second kappa shape index (κ2) is 4.08. The van der Waals surface area contributed by atoms with Crippen LogP contribution in [0.2, 0.25) is 0 Å². The Morgan fingerprint density at radius 2 is 1.94 bits per heavy atom. The van der Waals surface area contributed by atoms with E-state index in [4.69, 9.17) is 4.74 Å². The zero-order valence-electron chi connectivity index (χ0n) is 9.36. The SMILES string of the molecule is Fc1ccc(OCC2CC3CCC2C3)cc1. The first kappa shape index (κ1) is 10.1. The van der Waals surface area contributed by atoms with E-state index in [1.165, 1.54) is 37.8 Å². The number of halogens is 1. The summed E-state index contributed by atoms with van der Waals surface area (Å²) in [6, 6.07) is 6.33. The van der Waals surface area contributed by atoms with E-state index in [-0.39, 0.29) is 5.82 Å². The van der Waals surface area contributed by atoms with Crippen LogP contribution in [0.4, 0.5) is 4.39 Å². The van der Waals surface area contributed by atoms with Crippen LogP contribution in [0.25, 0.3) is 0 Å². The van der Waals surface area contributed by atoms with Gasteiger partial charge >= 0.3 is 0 Å². The lowest BCUT2D eigenvalue weighted by Crippen LogP contribution is -2.18. The van der Waals surface area contributed by atoms with Gasteiger partial charge in [0.1, 0.15) is 11.6 Å². The molecule has 16 heavy (non-hydrogen) atoms. The van der Waals surface area contributed by atoms with Crippen molar-refractivity contribution in [2.45, 2.75) is 25.7 Å². The molecule has 2 fully saturated rings. The third-order valence-electron chi connectivity index (χ3n) is 4.16. The summed E-state index contributed by atoms with van der Waals surface area (Å²) in [7, 11) is 0. The minimum Gasteiger partial charge on any atom is -0.493 e. The Morgan fingerprint density at radius 3 is 2.56 bits per heavy atom. The lowest BCUT2D eigenvalue weighted by molar-refractivity contribution is 0.195. The lowest BCUT2D eigenvalue weighted by atomic mass is 9.89. The van der Waals surface area contributed by atoms with E-state index < -0.39 is 0 Å². The second-order valence-electron chi connectivity index (χ2n) is 5.20. The Hall–Kier alpha value is -1.05. The normalized spacial score (nSPS) is 31.9. The molecule has 0 spiro atoms. The molecule has 1 aromatic carbocycles. The van der Waals surface area contributed by atoms with Crippen molar-refractivity contribution < 1.29 is 9.13 Å². The van der Waals surface area contributed by atoms with Crippen LogP contribution in [-0.2, 0) is 0 Å². The topological polar surface area (TPSA) is 9.23 Å². The number of ether oxygens (including phenoxy) is 1. The Balaban J connectivity index is 1.55. The first-order chi connectivity index (χ1) is 7.81. The fraction of sp³-hybridized carbons (Fsp3) is 0.571. The maximum Gasteiger partial charge on any atom is 0.123 e. The van der Waals surface area contributed by atoms with Gasteiger partial charge in [-0.2, -0.15) is 0 Å². The molecule has 2 saturated carbocycles. The van der Waals surface area contributed by atoms with Crippen molar-refractivity contribution in [3.05, 3.63) is 30.1 Å². The summed E-state index contributed by atoms with van der Waals surface area (Å²) in [6.07, 6.45) is 5.57. The summed E-state index contributed by atoms with van der Waals surface area (Å²) in [4.78, 5) is 0. The van der Waals surface area contributed by atoms with Crippen molar-refractivity contribution in [1.29, 1.82) is 0 Å². The molecule has 2 bridgehead atoms. The molecule has 0 radical (unpaired) electrons. The van der Waals surface area contributed by atoms with Crippen molar-refractivity contribution in [2.24, 2.45) is 17.8 Å². The number of benzene rings is 1. The largest absolute Gasteiger partial charge is 0.493 e. The summed E-state index contributed by atoms with van der Waals surface area (Å²) in [5.41, 5.74) is 0. The molecular formula is C14H17FO. The van der Waals surface area contributed by atoms with E-state index in [0.29, 0.717) is 0 Å². The highest BCUT2D eigenvalue weighted by atomic mass is 19.1. The third-order valence-corrected chi connectivity index (χ3v) is 4.16. The van der Waals surface area contributed by atoms with Gasteiger partial charge in [0.2, 0.25) is 0 Å². The Morgan fingerprint density at radius 1 is 1.12 bits per heavy atom. The van der Waals surface area contributed by atoms with Crippen LogP contribution in [0.15, 0.2) is 24.3 Å². The third kappa shape index (κ3) is 1.93. The monoisotopic (exact) mass is 220 g/mol. The molecule has 2 aliphatic rings. The van der Waals surface area contributed by atoms with Gasteiger partial charge in [-0.05, 0) is 61.3 Å². The summed E-state index contributed by atoms with van der Waals surface area (Å²) in [5, 5.41) is 0. The fourth-order valence-corrected chi connectivity index (χ4v) is 3.31. The number of hydrogen-bond acceptors (Lipinski definition) is 1. The van der Waals surface area contributed by atoms with Crippen LogP contribution in [0.1, 0.15) is 25.7 Å². The van der Waals surface area contributed by atoms with E-state index in [2.05, 4.69) is 0 Å². The zero-order chi connectivity index (χ0) is 11.0. The maximum absolute atomic E-state index is 12.7. The van der Waals surface area contributed by atoms with Crippen molar-refractivity contribution in [2.75, 3.05) is 6.61 Å². The van der Waals surface area contributed by atoms with Crippen molar-refractivity contribution >= 4 is 0 Å². The fourth-order valence-electron chi connectivity index (χ4n) is 3.31. The van der Waals surface area contributed by atoms with Crippen LogP contribution >= 0.6 is 0 Å². The highest BCUT2D eigenvalue weighted by Crippen LogP contribution is 2.48. The van der Waals surface area contributed by atoms with Gasteiger partial charge in [-0.1, -0.05) is 6.42 Å². The average Bonchev–Trinajstić information content (AvgIpc) is 2.90. The standard InChI is InChI=1S/C14H17FO/c15-13-3-5-14(6-4-13)16-9-12-8-10-1-2-11(12)7-10/h3-6,10-12H,1-2,7-9H2. The quantitative estimate of drug-likeness (QED) is 0.755. The molecule has 2 aliphatic carbocycles. The molecule has 1 nitrogen and oxygen atoms in total. The molecule has 0 N–H and O–H groups in total. The Labute approximate surface area is 95.6 Å². The predicted octanol–water partition coefficient (Wildman–Crippen LogP) is 3.64. The van der Waals surface area contributed by atoms with Crippen molar-refractivity contribution in [1.82, 2.24) is 0 Å². The second-order valence-corrected chi connectivity index (χ2v) is 5.20. The van der Waals surface area contributed by atoms with Crippen molar-refractivity contribution in [3.63, 3.8) is 0 Å². The zero-order valence-corrected chi connectivity index (χ0v) is 9.36. The first-order valence-corrected chi connectivity index (χ1v) is 6.19. The molecule has 0 heterocycles. The van der Waals surface area contributed by atoms with Gasteiger partial charge in [0.25, 0.3) is 0 Å². The van der Waals surface area contributed by atoms with E-state index in [9.17, 15) is 4.39 Å². The minimum atomic E-state index is -0.202. The van der Waals surface area contributed by atoms with E-state index >= 15 is 0 Å². The van der Waals surface area contributed by atoms with Gasteiger partial charge in [0.15, 0.2) is 0 Å². The van der Waals surface area contributed by atoms with E-state index in [1.54, 1.807) is 12.1 Å². The van der Waals surface area contributed by atoms with Gasteiger partial charge in [-0.3, -0.25) is 0 Å². The Bertz CT molecular complexity index is 360. The lowest BCUT2D eigenvalue weighted by Gasteiger charge is -2.21. The van der Waals surface area contributed by atoms with Crippen molar-refractivity contribution in [3.8, 4) is 5.75 Å². The van der Waals surface area contributed by atoms with Gasteiger partial charge in [0, 0.05) is 0 Å². The van der Waals surface area contributed by atoms with Crippen LogP contribution in [0.5, 0.6) is 5.75 Å². The summed E-state index contributed by atoms with van der Waals surface area (Å²) in [6.45, 7) is 0.812. The number of rotatable bonds is 3. The number of hydrogen-bond donors (Lipinski definition) is 0. The molecule has 0 saturated heterocycles. The van der Waals surface area contributed by atoms with Crippen LogP contribution in [0.3, 0.4) is 0 Å². The summed E-state index contributed by atoms with van der Waals surface area (Å²) >= 11 is 0. The van der Waals surface area contributed by atoms with E-state index in [1.807, 2.05) is 0 Å². The summed E-state index contributed by atoms with van der Waals surface area (Å²) in [5.74, 6) is 3.19. The molecule has 0 aliphatic heterocycles. The predicted molar refractivity (Wildman–Crippen MR) is 60.8 cm³/mol. The summed E-state index contributed by atoms with van der Waals surface area (Å²) < 4.78 is 18.4. The first-order valence-electron chi connectivity index (χ1n) is 6.19. The molecule has 86 valence electrons.